The molecule has 4 aromatic rings. The van der Waals surface area contributed by atoms with Crippen LogP contribution >= 0.6 is 0 Å². The SMILES string of the molecule is CCc1cccc(-c2ccc3c(c2)Cc2cc(-c4ccc(C)c(CC)c4)ccc2N3)c1. The third-order valence-electron chi connectivity index (χ3n) is 6.59. The van der Waals surface area contributed by atoms with Crippen LogP contribution in [0.5, 0.6) is 0 Å². The van der Waals surface area contributed by atoms with E-state index in [0.717, 1.165) is 19.3 Å². The first-order chi connectivity index (χ1) is 15.1. The van der Waals surface area contributed by atoms with Crippen LogP contribution in [0.15, 0.2) is 78.9 Å². The van der Waals surface area contributed by atoms with E-state index in [9.17, 15) is 0 Å². The minimum absolute atomic E-state index is 0.958. The molecule has 1 heteroatoms. The van der Waals surface area contributed by atoms with Crippen LogP contribution in [0.3, 0.4) is 0 Å². The number of aryl methyl sites for hydroxylation is 3. The lowest BCUT2D eigenvalue weighted by Crippen LogP contribution is -2.07. The lowest BCUT2D eigenvalue weighted by molar-refractivity contribution is 1.11. The van der Waals surface area contributed by atoms with Crippen LogP contribution in [0.1, 0.15) is 41.7 Å². The summed E-state index contributed by atoms with van der Waals surface area (Å²) in [5.41, 5.74) is 14.6. The fourth-order valence-corrected chi connectivity index (χ4v) is 4.64. The summed E-state index contributed by atoms with van der Waals surface area (Å²) < 4.78 is 0. The average Bonchev–Trinajstić information content (AvgIpc) is 2.82. The molecule has 0 aromatic heterocycles. The highest BCUT2D eigenvalue weighted by atomic mass is 14.9. The van der Waals surface area contributed by atoms with Crippen molar-refractivity contribution in [2.45, 2.75) is 40.0 Å². The molecule has 1 nitrogen and oxygen atoms in total. The maximum atomic E-state index is 3.65. The second-order valence-electron chi connectivity index (χ2n) is 8.59. The first-order valence-electron chi connectivity index (χ1n) is 11.4. The van der Waals surface area contributed by atoms with E-state index in [-0.39, 0.29) is 0 Å². The van der Waals surface area contributed by atoms with E-state index in [2.05, 4.69) is 105 Å². The van der Waals surface area contributed by atoms with Crippen molar-refractivity contribution in [1.82, 2.24) is 0 Å². The summed E-state index contributed by atoms with van der Waals surface area (Å²) in [4.78, 5) is 0. The maximum Gasteiger partial charge on any atom is 0.0420 e. The van der Waals surface area contributed by atoms with E-state index in [1.807, 2.05) is 0 Å². The Bertz CT molecular complexity index is 1270. The van der Waals surface area contributed by atoms with Gasteiger partial charge in [-0.3, -0.25) is 0 Å². The van der Waals surface area contributed by atoms with Crippen LogP contribution < -0.4 is 5.32 Å². The van der Waals surface area contributed by atoms with Crippen molar-refractivity contribution in [2.75, 3.05) is 5.32 Å². The van der Waals surface area contributed by atoms with Crippen molar-refractivity contribution >= 4 is 11.4 Å². The Hall–Kier alpha value is -3.32. The van der Waals surface area contributed by atoms with Crippen LogP contribution in [0, 0.1) is 6.92 Å². The van der Waals surface area contributed by atoms with Crippen molar-refractivity contribution < 1.29 is 0 Å². The Labute approximate surface area is 185 Å². The fourth-order valence-electron chi connectivity index (χ4n) is 4.64. The molecule has 31 heavy (non-hydrogen) atoms. The molecule has 4 aromatic carbocycles. The minimum atomic E-state index is 0.958. The third kappa shape index (κ3) is 3.77. The number of fused-ring (bicyclic) bond motifs is 2. The molecule has 0 bridgehead atoms. The number of anilines is 2. The predicted octanol–water partition coefficient (Wildman–Crippen LogP) is 8.10. The highest BCUT2D eigenvalue weighted by Crippen LogP contribution is 2.37. The van der Waals surface area contributed by atoms with Gasteiger partial charge in [0.1, 0.15) is 0 Å². The highest BCUT2D eigenvalue weighted by molar-refractivity contribution is 5.79. The molecular weight excluding hydrogens is 374 g/mol. The van der Waals surface area contributed by atoms with E-state index < -0.39 is 0 Å². The smallest absolute Gasteiger partial charge is 0.0420 e. The lowest BCUT2D eigenvalue weighted by atomic mass is 9.91. The molecular formula is C30H29N. The Balaban J connectivity index is 1.49. The van der Waals surface area contributed by atoms with Gasteiger partial charge >= 0.3 is 0 Å². The molecule has 154 valence electrons. The van der Waals surface area contributed by atoms with E-state index in [4.69, 9.17) is 0 Å². The normalized spacial score (nSPS) is 12.1. The number of rotatable bonds is 4. The van der Waals surface area contributed by atoms with Gasteiger partial charge in [0, 0.05) is 17.8 Å². The van der Waals surface area contributed by atoms with Crippen molar-refractivity contribution in [3.05, 3.63) is 107 Å². The molecule has 0 spiro atoms. The second kappa shape index (κ2) is 8.07. The molecule has 0 saturated carbocycles. The van der Waals surface area contributed by atoms with Gasteiger partial charge in [-0.05, 0) is 94.1 Å². The van der Waals surface area contributed by atoms with Crippen molar-refractivity contribution in [3.8, 4) is 22.3 Å². The molecule has 0 amide bonds. The van der Waals surface area contributed by atoms with E-state index in [1.54, 1.807) is 0 Å². The first kappa shape index (κ1) is 19.6. The van der Waals surface area contributed by atoms with Gasteiger partial charge in [-0.15, -0.1) is 0 Å². The lowest BCUT2D eigenvalue weighted by Gasteiger charge is -2.23. The molecule has 0 radical (unpaired) electrons. The molecule has 1 N–H and O–H groups in total. The van der Waals surface area contributed by atoms with Gasteiger partial charge in [0.15, 0.2) is 0 Å². The molecule has 0 aliphatic carbocycles. The van der Waals surface area contributed by atoms with E-state index in [1.165, 1.54) is 61.4 Å². The second-order valence-corrected chi connectivity index (χ2v) is 8.59. The molecule has 0 fully saturated rings. The van der Waals surface area contributed by atoms with Gasteiger partial charge in [-0.2, -0.15) is 0 Å². The zero-order valence-electron chi connectivity index (χ0n) is 18.6. The Kier molecular flexibility index (Phi) is 5.11. The number of hydrogen-bond acceptors (Lipinski definition) is 1. The zero-order valence-corrected chi connectivity index (χ0v) is 18.6. The summed E-state index contributed by atoms with van der Waals surface area (Å²) in [5.74, 6) is 0. The standard InChI is InChI=1S/C30H29N/c1-4-21-7-6-8-23(15-21)25-11-13-29-27(17-25)19-28-18-26(12-14-30(28)31-29)24-10-9-20(3)22(5-2)16-24/h6-18,31H,4-5,19H2,1-3H3. The van der Waals surface area contributed by atoms with Gasteiger partial charge in [-0.1, -0.05) is 68.4 Å². The average molecular weight is 404 g/mol. The molecule has 1 aliphatic heterocycles. The van der Waals surface area contributed by atoms with Crippen LogP contribution in [0.2, 0.25) is 0 Å². The first-order valence-corrected chi connectivity index (χ1v) is 11.4. The Morgan fingerprint density at radius 1 is 0.645 bits per heavy atom. The summed E-state index contributed by atoms with van der Waals surface area (Å²) >= 11 is 0. The molecule has 5 rings (SSSR count). The third-order valence-corrected chi connectivity index (χ3v) is 6.59. The summed E-state index contributed by atoms with van der Waals surface area (Å²) in [5, 5.41) is 3.65. The topological polar surface area (TPSA) is 12.0 Å². The Morgan fingerprint density at radius 3 is 1.90 bits per heavy atom. The van der Waals surface area contributed by atoms with Crippen molar-refractivity contribution in [3.63, 3.8) is 0 Å². The summed E-state index contributed by atoms with van der Waals surface area (Å²) in [6.07, 6.45) is 3.09. The van der Waals surface area contributed by atoms with Gasteiger partial charge in [-0.25, -0.2) is 0 Å². The molecule has 0 saturated heterocycles. The zero-order chi connectivity index (χ0) is 21.4. The molecule has 1 aliphatic rings. The van der Waals surface area contributed by atoms with Crippen molar-refractivity contribution in [1.29, 1.82) is 0 Å². The van der Waals surface area contributed by atoms with Crippen molar-refractivity contribution in [2.24, 2.45) is 0 Å². The summed E-state index contributed by atoms with van der Waals surface area (Å²) in [6.45, 7) is 6.64. The highest BCUT2D eigenvalue weighted by Gasteiger charge is 2.16. The van der Waals surface area contributed by atoms with E-state index in [0.29, 0.717) is 0 Å². The summed E-state index contributed by atoms with van der Waals surface area (Å²) in [6, 6.07) is 29.4. The maximum absolute atomic E-state index is 3.65. The summed E-state index contributed by atoms with van der Waals surface area (Å²) in [7, 11) is 0. The number of hydrogen-bond donors (Lipinski definition) is 1. The van der Waals surface area contributed by atoms with Crippen LogP contribution in [-0.4, -0.2) is 0 Å². The molecule has 1 heterocycles. The van der Waals surface area contributed by atoms with Crippen LogP contribution in [0.4, 0.5) is 11.4 Å². The van der Waals surface area contributed by atoms with E-state index >= 15 is 0 Å². The predicted molar refractivity (Wildman–Crippen MR) is 133 cm³/mol. The minimum Gasteiger partial charge on any atom is -0.355 e. The fraction of sp³-hybridized carbons (Fsp3) is 0.200. The van der Waals surface area contributed by atoms with Gasteiger partial charge < -0.3 is 5.32 Å². The molecule has 0 atom stereocenters. The number of nitrogens with one attached hydrogen (secondary N) is 1. The van der Waals surface area contributed by atoms with Crippen LogP contribution in [-0.2, 0) is 19.3 Å². The monoisotopic (exact) mass is 403 g/mol. The largest absolute Gasteiger partial charge is 0.355 e. The van der Waals surface area contributed by atoms with Crippen LogP contribution in [0.25, 0.3) is 22.3 Å². The quantitative estimate of drug-likeness (QED) is 0.319. The molecule has 0 unspecified atom stereocenters. The Morgan fingerprint density at radius 2 is 1.26 bits per heavy atom. The van der Waals surface area contributed by atoms with Gasteiger partial charge in [0.2, 0.25) is 0 Å². The van der Waals surface area contributed by atoms with Gasteiger partial charge in [0.25, 0.3) is 0 Å². The van der Waals surface area contributed by atoms with Gasteiger partial charge in [0.05, 0.1) is 0 Å². The number of benzene rings is 4.